The average Bonchev–Trinajstić information content (AvgIpc) is 2.60. The van der Waals surface area contributed by atoms with E-state index in [-0.39, 0.29) is 5.91 Å². The monoisotopic (exact) mass is 332 g/mol. The molecule has 1 saturated heterocycles. The highest BCUT2D eigenvalue weighted by Gasteiger charge is 2.19. The van der Waals surface area contributed by atoms with Crippen molar-refractivity contribution < 1.29 is 9.53 Å². The van der Waals surface area contributed by atoms with Gasteiger partial charge in [0.25, 0.3) is 5.91 Å². The van der Waals surface area contributed by atoms with Gasteiger partial charge in [-0.3, -0.25) is 4.79 Å². The molecular formula is C20H32N2O2. The van der Waals surface area contributed by atoms with E-state index in [0.717, 1.165) is 30.8 Å². The first-order chi connectivity index (χ1) is 11.6. The molecule has 0 aliphatic carbocycles. The van der Waals surface area contributed by atoms with Gasteiger partial charge in [0, 0.05) is 6.54 Å². The molecule has 1 aliphatic rings. The Morgan fingerprint density at radius 1 is 1.25 bits per heavy atom. The van der Waals surface area contributed by atoms with Crippen molar-refractivity contribution in [2.45, 2.75) is 59.0 Å². The molecule has 0 unspecified atom stereocenters. The van der Waals surface area contributed by atoms with Gasteiger partial charge in [-0.2, -0.15) is 0 Å². The Bertz CT molecular complexity index is 524. The van der Waals surface area contributed by atoms with Gasteiger partial charge < -0.3 is 15.0 Å². The van der Waals surface area contributed by atoms with Crippen LogP contribution in [0.3, 0.4) is 0 Å². The maximum Gasteiger partial charge on any atom is 0.261 e. The number of hydrogen-bond donors (Lipinski definition) is 1. The van der Waals surface area contributed by atoms with Crippen molar-refractivity contribution in [3.8, 4) is 5.75 Å². The van der Waals surface area contributed by atoms with Crippen LogP contribution < -0.4 is 10.1 Å². The van der Waals surface area contributed by atoms with Crippen LogP contribution in [0.4, 0.5) is 0 Å². The summed E-state index contributed by atoms with van der Waals surface area (Å²) in [5.74, 6) is 0.808. The summed E-state index contributed by atoms with van der Waals surface area (Å²) in [5, 5.41) is 3.04. The smallest absolute Gasteiger partial charge is 0.261 e. The largest absolute Gasteiger partial charge is 0.480 e. The van der Waals surface area contributed by atoms with Gasteiger partial charge in [0.2, 0.25) is 0 Å². The molecule has 134 valence electrons. The summed E-state index contributed by atoms with van der Waals surface area (Å²) < 4.78 is 5.96. The second-order valence-corrected chi connectivity index (χ2v) is 6.76. The molecule has 0 aromatic heterocycles. The van der Waals surface area contributed by atoms with E-state index in [2.05, 4.69) is 23.2 Å². The van der Waals surface area contributed by atoms with Crippen LogP contribution in [0, 0.1) is 13.8 Å². The number of hydrogen-bond acceptors (Lipinski definition) is 3. The highest BCUT2D eigenvalue weighted by molar-refractivity contribution is 5.81. The molecule has 4 nitrogen and oxygen atoms in total. The number of piperidine rings is 1. The zero-order valence-electron chi connectivity index (χ0n) is 15.4. The minimum absolute atomic E-state index is 0.00273. The van der Waals surface area contributed by atoms with E-state index in [0.29, 0.717) is 6.42 Å². The molecule has 24 heavy (non-hydrogen) atoms. The Balaban J connectivity index is 1.75. The summed E-state index contributed by atoms with van der Waals surface area (Å²) in [4.78, 5) is 14.9. The van der Waals surface area contributed by atoms with E-state index in [9.17, 15) is 4.79 Å². The number of rotatable bonds is 8. The fourth-order valence-corrected chi connectivity index (χ4v) is 3.14. The van der Waals surface area contributed by atoms with Crippen molar-refractivity contribution in [2.24, 2.45) is 0 Å². The second-order valence-electron chi connectivity index (χ2n) is 6.76. The van der Waals surface area contributed by atoms with Crippen molar-refractivity contribution in [1.29, 1.82) is 0 Å². The lowest BCUT2D eigenvalue weighted by molar-refractivity contribution is -0.128. The van der Waals surface area contributed by atoms with E-state index in [1.165, 1.54) is 37.9 Å². The van der Waals surface area contributed by atoms with Gasteiger partial charge in [-0.05, 0) is 76.4 Å². The quantitative estimate of drug-likeness (QED) is 0.741. The number of carbonyl (C=O) groups is 1. The summed E-state index contributed by atoms with van der Waals surface area (Å²) in [6, 6.07) is 5.97. The van der Waals surface area contributed by atoms with E-state index in [4.69, 9.17) is 4.74 Å². The fraction of sp³-hybridized carbons (Fsp3) is 0.650. The maximum atomic E-state index is 12.4. The predicted octanol–water partition coefficient (Wildman–Crippen LogP) is 3.45. The molecule has 1 heterocycles. The molecule has 0 saturated carbocycles. The molecule has 1 aromatic rings. The first-order valence-corrected chi connectivity index (χ1v) is 9.34. The maximum absolute atomic E-state index is 12.4. The Labute approximate surface area is 146 Å². The molecule has 1 fully saturated rings. The number of benzene rings is 1. The SMILES string of the molecule is CC[C@H](Oc1cccc(C)c1C)C(=O)NCCCN1CCCCC1. The minimum atomic E-state index is -0.416. The number of likely N-dealkylation sites (tertiary alicyclic amines) is 1. The van der Waals surface area contributed by atoms with E-state index < -0.39 is 6.10 Å². The third kappa shape index (κ3) is 5.52. The molecule has 0 bridgehead atoms. The van der Waals surface area contributed by atoms with Gasteiger partial charge in [0.05, 0.1) is 0 Å². The zero-order chi connectivity index (χ0) is 17.4. The molecule has 1 amide bonds. The van der Waals surface area contributed by atoms with Crippen LogP contribution in [-0.2, 0) is 4.79 Å². The highest BCUT2D eigenvalue weighted by Crippen LogP contribution is 2.22. The lowest BCUT2D eigenvalue weighted by Gasteiger charge is -2.26. The van der Waals surface area contributed by atoms with Crippen LogP contribution in [0.5, 0.6) is 5.75 Å². The molecule has 0 radical (unpaired) electrons. The van der Waals surface area contributed by atoms with E-state index >= 15 is 0 Å². The number of nitrogens with zero attached hydrogens (tertiary/aromatic N) is 1. The van der Waals surface area contributed by atoms with Gasteiger partial charge in [0.15, 0.2) is 6.10 Å². The number of carbonyl (C=O) groups excluding carboxylic acids is 1. The first kappa shape index (κ1) is 18.8. The lowest BCUT2D eigenvalue weighted by atomic mass is 10.1. The third-order valence-corrected chi connectivity index (χ3v) is 4.89. The number of aryl methyl sites for hydroxylation is 1. The highest BCUT2D eigenvalue weighted by atomic mass is 16.5. The number of amides is 1. The van der Waals surface area contributed by atoms with Gasteiger partial charge in [-0.25, -0.2) is 0 Å². The molecule has 0 spiro atoms. The second kappa shape index (κ2) is 9.67. The third-order valence-electron chi connectivity index (χ3n) is 4.89. The topological polar surface area (TPSA) is 41.6 Å². The molecule has 1 aliphatic heterocycles. The molecule has 2 rings (SSSR count). The average molecular weight is 332 g/mol. The molecule has 4 heteroatoms. The molecule has 1 N–H and O–H groups in total. The summed E-state index contributed by atoms with van der Waals surface area (Å²) in [6.45, 7) is 10.3. The summed E-state index contributed by atoms with van der Waals surface area (Å²) in [5.41, 5.74) is 2.29. The van der Waals surface area contributed by atoms with Crippen molar-refractivity contribution in [3.05, 3.63) is 29.3 Å². The predicted molar refractivity (Wildman–Crippen MR) is 98.5 cm³/mol. The van der Waals surface area contributed by atoms with Crippen LogP contribution >= 0.6 is 0 Å². The number of ether oxygens (including phenoxy) is 1. The standard InChI is InChI=1S/C20H32N2O2/c1-4-18(24-19-11-8-10-16(2)17(19)3)20(23)21-12-9-15-22-13-6-5-7-14-22/h8,10-11,18H,4-7,9,12-15H2,1-3H3,(H,21,23)/t18-/m0/s1. The Hall–Kier alpha value is -1.55. The van der Waals surface area contributed by atoms with Gasteiger partial charge >= 0.3 is 0 Å². The Morgan fingerprint density at radius 3 is 2.71 bits per heavy atom. The van der Waals surface area contributed by atoms with Crippen LogP contribution in [0.2, 0.25) is 0 Å². The van der Waals surface area contributed by atoms with E-state index in [1.807, 2.05) is 26.0 Å². The Kier molecular flexibility index (Phi) is 7.57. The zero-order valence-corrected chi connectivity index (χ0v) is 15.4. The lowest BCUT2D eigenvalue weighted by Crippen LogP contribution is -2.39. The van der Waals surface area contributed by atoms with E-state index in [1.54, 1.807) is 0 Å². The number of nitrogens with one attached hydrogen (secondary N) is 1. The van der Waals surface area contributed by atoms with Crippen LogP contribution in [-0.4, -0.2) is 43.1 Å². The molecule has 1 aromatic carbocycles. The fourth-order valence-electron chi connectivity index (χ4n) is 3.14. The van der Waals surface area contributed by atoms with Crippen LogP contribution in [0.1, 0.15) is 50.2 Å². The van der Waals surface area contributed by atoms with Gasteiger partial charge in [-0.15, -0.1) is 0 Å². The summed E-state index contributed by atoms with van der Waals surface area (Å²) >= 11 is 0. The van der Waals surface area contributed by atoms with Crippen LogP contribution in [0.25, 0.3) is 0 Å². The molecule has 1 atom stereocenters. The van der Waals surface area contributed by atoms with Gasteiger partial charge in [-0.1, -0.05) is 25.5 Å². The van der Waals surface area contributed by atoms with Crippen molar-refractivity contribution in [3.63, 3.8) is 0 Å². The molecular weight excluding hydrogens is 300 g/mol. The minimum Gasteiger partial charge on any atom is -0.480 e. The van der Waals surface area contributed by atoms with Crippen LogP contribution in [0.15, 0.2) is 18.2 Å². The first-order valence-electron chi connectivity index (χ1n) is 9.34. The normalized spacial score (nSPS) is 16.6. The van der Waals surface area contributed by atoms with Gasteiger partial charge in [0.1, 0.15) is 5.75 Å². The van der Waals surface area contributed by atoms with Crippen molar-refractivity contribution in [2.75, 3.05) is 26.2 Å². The van der Waals surface area contributed by atoms with Crippen molar-refractivity contribution >= 4 is 5.91 Å². The summed E-state index contributed by atoms with van der Waals surface area (Å²) in [6.07, 6.45) is 5.25. The Morgan fingerprint density at radius 2 is 2.00 bits per heavy atom. The summed E-state index contributed by atoms with van der Waals surface area (Å²) in [7, 11) is 0. The van der Waals surface area contributed by atoms with Crippen molar-refractivity contribution in [1.82, 2.24) is 10.2 Å².